The zero-order valence-corrected chi connectivity index (χ0v) is 15.6. The molecule has 2 aromatic carbocycles. The van der Waals surface area contributed by atoms with Crippen molar-refractivity contribution in [2.45, 2.75) is 13.5 Å². The van der Waals surface area contributed by atoms with Gasteiger partial charge in [0.25, 0.3) is 5.89 Å². The first-order valence-corrected chi connectivity index (χ1v) is 8.72. The lowest BCUT2D eigenvalue weighted by Gasteiger charge is -2.02. The second kappa shape index (κ2) is 9.36. The molecule has 0 saturated carbocycles. The number of esters is 1. The quantitative estimate of drug-likeness (QED) is 0.433. The van der Waals surface area contributed by atoms with Crippen LogP contribution in [0.25, 0.3) is 17.5 Å². The molecule has 7 nitrogen and oxygen atoms in total. The Morgan fingerprint density at radius 2 is 1.79 bits per heavy atom. The summed E-state index contributed by atoms with van der Waals surface area (Å²) in [5, 5.41) is 3.89. The fourth-order valence-corrected chi connectivity index (χ4v) is 2.36. The Labute approximate surface area is 162 Å². The normalized spacial score (nSPS) is 10.8. The molecular weight excluding hydrogens is 360 g/mol. The molecule has 0 N–H and O–H groups in total. The molecule has 0 fully saturated rings. The van der Waals surface area contributed by atoms with Crippen LogP contribution < -0.4 is 9.47 Å². The predicted octanol–water partition coefficient (Wildman–Crippen LogP) is 3.90. The number of aromatic nitrogens is 2. The van der Waals surface area contributed by atoms with E-state index in [1.54, 1.807) is 25.3 Å². The van der Waals surface area contributed by atoms with Gasteiger partial charge in [0.05, 0.1) is 13.7 Å². The van der Waals surface area contributed by atoms with Gasteiger partial charge in [-0.1, -0.05) is 17.3 Å². The van der Waals surface area contributed by atoms with Crippen LogP contribution in [0.2, 0.25) is 0 Å². The highest BCUT2D eigenvalue weighted by Crippen LogP contribution is 2.20. The minimum Gasteiger partial charge on any atom is -0.497 e. The molecule has 3 aromatic rings. The lowest BCUT2D eigenvalue weighted by atomic mass is 10.2. The molecule has 144 valence electrons. The van der Waals surface area contributed by atoms with E-state index in [0.717, 1.165) is 22.6 Å². The van der Waals surface area contributed by atoms with Gasteiger partial charge < -0.3 is 18.7 Å². The van der Waals surface area contributed by atoms with Crippen LogP contribution in [0, 0.1) is 0 Å². The lowest BCUT2D eigenvalue weighted by molar-refractivity contribution is -0.139. The van der Waals surface area contributed by atoms with Crippen molar-refractivity contribution < 1.29 is 23.5 Å². The predicted molar refractivity (Wildman–Crippen MR) is 103 cm³/mol. The molecule has 0 bridgehead atoms. The Hall–Kier alpha value is -3.61. The Balaban J connectivity index is 1.52. The van der Waals surface area contributed by atoms with Crippen LogP contribution in [0.1, 0.15) is 18.4 Å². The molecule has 0 atom stereocenters. The lowest BCUT2D eigenvalue weighted by Crippen LogP contribution is -2.01. The third kappa shape index (κ3) is 5.20. The Morgan fingerprint density at radius 3 is 2.46 bits per heavy atom. The molecule has 0 aliphatic carbocycles. The fraction of sp³-hybridized carbons (Fsp3) is 0.190. The first kappa shape index (κ1) is 19.2. The van der Waals surface area contributed by atoms with Crippen molar-refractivity contribution in [3.8, 4) is 22.9 Å². The largest absolute Gasteiger partial charge is 0.497 e. The van der Waals surface area contributed by atoms with Gasteiger partial charge in [0.15, 0.2) is 6.61 Å². The number of ether oxygens (including phenoxy) is 3. The molecule has 0 amide bonds. The molecule has 3 rings (SSSR count). The van der Waals surface area contributed by atoms with Gasteiger partial charge in [-0.15, -0.1) is 0 Å². The molecular formula is C21H20N2O5. The second-order valence-electron chi connectivity index (χ2n) is 5.68. The van der Waals surface area contributed by atoms with Gasteiger partial charge in [-0.2, -0.15) is 4.98 Å². The molecule has 0 spiro atoms. The van der Waals surface area contributed by atoms with E-state index >= 15 is 0 Å². The average molecular weight is 380 g/mol. The smallest absolute Gasteiger partial charge is 0.331 e. The number of hydrogen-bond acceptors (Lipinski definition) is 7. The third-order valence-corrected chi connectivity index (χ3v) is 3.76. The summed E-state index contributed by atoms with van der Waals surface area (Å²) in [5.74, 6) is 1.65. The molecule has 7 heteroatoms. The molecule has 0 saturated heterocycles. The maximum Gasteiger partial charge on any atom is 0.331 e. The molecule has 28 heavy (non-hydrogen) atoms. The zero-order valence-electron chi connectivity index (χ0n) is 15.6. The summed E-state index contributed by atoms with van der Waals surface area (Å²) >= 11 is 0. The first-order chi connectivity index (χ1) is 13.7. The van der Waals surface area contributed by atoms with Gasteiger partial charge >= 0.3 is 5.97 Å². The number of carbonyl (C=O) groups is 1. The molecule has 1 aromatic heterocycles. The summed E-state index contributed by atoms with van der Waals surface area (Å²) in [6.07, 6.45) is 3.01. The first-order valence-electron chi connectivity index (χ1n) is 8.72. The van der Waals surface area contributed by atoms with Gasteiger partial charge in [-0.3, -0.25) is 0 Å². The number of benzene rings is 2. The highest BCUT2D eigenvalue weighted by atomic mass is 16.6. The van der Waals surface area contributed by atoms with E-state index in [9.17, 15) is 4.79 Å². The van der Waals surface area contributed by atoms with E-state index in [4.69, 9.17) is 18.7 Å². The maximum absolute atomic E-state index is 11.9. The van der Waals surface area contributed by atoms with Crippen molar-refractivity contribution in [2.75, 3.05) is 13.7 Å². The van der Waals surface area contributed by atoms with Crippen LogP contribution in [0.4, 0.5) is 0 Å². The van der Waals surface area contributed by atoms with E-state index < -0.39 is 5.97 Å². The highest BCUT2D eigenvalue weighted by molar-refractivity contribution is 5.87. The number of nitrogens with zero attached hydrogens (tertiary/aromatic N) is 2. The SMILES string of the molecule is CCOc1ccc(/C=C/C(=O)OCc2nc(-c3ccc(OC)cc3)no2)cc1. The molecule has 0 radical (unpaired) electrons. The van der Waals surface area contributed by atoms with E-state index in [-0.39, 0.29) is 12.5 Å². The van der Waals surface area contributed by atoms with Gasteiger partial charge in [0.2, 0.25) is 5.82 Å². The minimum atomic E-state index is -0.502. The summed E-state index contributed by atoms with van der Waals surface area (Å²) in [6.45, 7) is 2.43. The molecule has 0 unspecified atom stereocenters. The number of carbonyl (C=O) groups excluding carboxylic acids is 1. The standard InChI is InChI=1S/C21H20N2O5/c1-3-26-18-9-4-15(5-10-18)6-13-20(24)27-14-19-22-21(23-28-19)16-7-11-17(25-2)12-8-16/h4-13H,3,14H2,1-2H3/b13-6+. The van der Waals surface area contributed by atoms with Crippen LogP contribution in [0.5, 0.6) is 11.5 Å². The number of hydrogen-bond donors (Lipinski definition) is 0. The van der Waals surface area contributed by atoms with Gasteiger partial charge in [0.1, 0.15) is 11.5 Å². The van der Waals surface area contributed by atoms with Gasteiger partial charge in [0, 0.05) is 11.6 Å². The van der Waals surface area contributed by atoms with Gasteiger partial charge in [-0.25, -0.2) is 4.79 Å². The summed E-state index contributed by atoms with van der Waals surface area (Å²) in [6, 6.07) is 14.6. The van der Waals surface area contributed by atoms with E-state index in [1.807, 2.05) is 43.3 Å². The monoisotopic (exact) mass is 380 g/mol. The zero-order chi connectivity index (χ0) is 19.8. The van der Waals surface area contributed by atoms with Crippen molar-refractivity contribution in [3.05, 3.63) is 66.1 Å². The van der Waals surface area contributed by atoms with Gasteiger partial charge in [-0.05, 0) is 55.0 Å². The number of methoxy groups -OCH3 is 1. The van der Waals surface area contributed by atoms with Crippen molar-refractivity contribution in [1.82, 2.24) is 10.1 Å². The second-order valence-corrected chi connectivity index (χ2v) is 5.68. The van der Waals surface area contributed by atoms with E-state index in [2.05, 4.69) is 10.1 Å². The Bertz CT molecular complexity index is 930. The minimum absolute atomic E-state index is 0.102. The maximum atomic E-state index is 11.9. The average Bonchev–Trinajstić information content (AvgIpc) is 3.21. The van der Waals surface area contributed by atoms with Crippen molar-refractivity contribution in [3.63, 3.8) is 0 Å². The van der Waals surface area contributed by atoms with Crippen LogP contribution in [-0.2, 0) is 16.1 Å². The fourth-order valence-electron chi connectivity index (χ4n) is 2.36. The molecule has 0 aliphatic rings. The van der Waals surface area contributed by atoms with Crippen LogP contribution in [-0.4, -0.2) is 29.8 Å². The van der Waals surface area contributed by atoms with Crippen molar-refractivity contribution in [2.24, 2.45) is 0 Å². The van der Waals surface area contributed by atoms with E-state index in [0.29, 0.717) is 12.4 Å². The van der Waals surface area contributed by atoms with Crippen LogP contribution >= 0.6 is 0 Å². The Morgan fingerprint density at radius 1 is 1.07 bits per heavy atom. The highest BCUT2D eigenvalue weighted by Gasteiger charge is 2.10. The summed E-state index contributed by atoms with van der Waals surface area (Å²) in [4.78, 5) is 16.1. The summed E-state index contributed by atoms with van der Waals surface area (Å²) < 4.78 is 20.7. The van der Waals surface area contributed by atoms with Crippen LogP contribution in [0.3, 0.4) is 0 Å². The van der Waals surface area contributed by atoms with Crippen molar-refractivity contribution >= 4 is 12.0 Å². The molecule has 1 heterocycles. The summed E-state index contributed by atoms with van der Waals surface area (Å²) in [5.41, 5.74) is 1.64. The van der Waals surface area contributed by atoms with E-state index in [1.165, 1.54) is 6.08 Å². The van der Waals surface area contributed by atoms with Crippen molar-refractivity contribution in [1.29, 1.82) is 0 Å². The number of rotatable bonds is 8. The summed E-state index contributed by atoms with van der Waals surface area (Å²) in [7, 11) is 1.60. The molecule has 0 aliphatic heterocycles. The topological polar surface area (TPSA) is 83.7 Å². The third-order valence-electron chi connectivity index (χ3n) is 3.76. The van der Waals surface area contributed by atoms with Crippen LogP contribution in [0.15, 0.2) is 59.1 Å². The Kier molecular flexibility index (Phi) is 6.41.